The molecule has 0 aliphatic carbocycles. The van der Waals surface area contributed by atoms with E-state index >= 15 is 0 Å². The van der Waals surface area contributed by atoms with Gasteiger partial charge in [-0.2, -0.15) is 0 Å². The van der Waals surface area contributed by atoms with E-state index in [4.69, 9.17) is 0 Å². The molecule has 0 spiro atoms. The van der Waals surface area contributed by atoms with E-state index in [1.165, 1.54) is 0 Å². The number of likely N-dealkylation sites (tertiary alicyclic amines) is 1. The molecule has 5 nitrogen and oxygen atoms in total. The summed E-state index contributed by atoms with van der Waals surface area (Å²) in [5.74, 6) is 1.74. The Morgan fingerprint density at radius 1 is 1.14 bits per heavy atom. The Hall–Kier alpha value is -1.62. The molecule has 1 aromatic rings. The minimum atomic E-state index is 0.147. The average Bonchev–Trinajstić information content (AvgIpc) is 2.56. The molecule has 1 aromatic heterocycles. The van der Waals surface area contributed by atoms with Crippen LogP contribution in [0.2, 0.25) is 0 Å². The molecule has 3 heterocycles. The Morgan fingerprint density at radius 3 is 2.50 bits per heavy atom. The van der Waals surface area contributed by atoms with Gasteiger partial charge < -0.3 is 14.7 Å². The number of amides is 1. The summed E-state index contributed by atoms with van der Waals surface area (Å²) in [6.07, 6.45) is 4.01. The van der Waals surface area contributed by atoms with Crippen molar-refractivity contribution in [2.75, 3.05) is 51.2 Å². The summed E-state index contributed by atoms with van der Waals surface area (Å²) < 4.78 is 0. The van der Waals surface area contributed by atoms with Crippen molar-refractivity contribution < 1.29 is 4.79 Å². The largest absolute Gasteiger partial charge is 0.353 e. The summed E-state index contributed by atoms with van der Waals surface area (Å²) in [7, 11) is 2.14. The van der Waals surface area contributed by atoms with Crippen molar-refractivity contribution in [1.29, 1.82) is 0 Å². The van der Waals surface area contributed by atoms with E-state index < -0.39 is 0 Å². The van der Waals surface area contributed by atoms with Crippen molar-refractivity contribution in [1.82, 2.24) is 14.8 Å². The van der Waals surface area contributed by atoms with Crippen LogP contribution in [0.25, 0.3) is 0 Å². The van der Waals surface area contributed by atoms with Gasteiger partial charge in [0.2, 0.25) is 0 Å². The third-order valence-electron chi connectivity index (χ3n) is 4.89. The maximum atomic E-state index is 12.9. The first kappa shape index (κ1) is 15.3. The smallest absolute Gasteiger partial charge is 0.257 e. The van der Waals surface area contributed by atoms with E-state index in [0.29, 0.717) is 0 Å². The lowest BCUT2D eigenvalue weighted by Gasteiger charge is -2.35. The van der Waals surface area contributed by atoms with Crippen molar-refractivity contribution in [2.45, 2.75) is 19.8 Å². The highest BCUT2D eigenvalue weighted by atomic mass is 16.2. The molecule has 0 aromatic carbocycles. The third kappa shape index (κ3) is 3.24. The van der Waals surface area contributed by atoms with E-state index in [1.54, 1.807) is 6.20 Å². The van der Waals surface area contributed by atoms with E-state index in [9.17, 15) is 4.79 Å². The molecule has 120 valence electrons. The number of carbonyl (C=O) groups is 1. The van der Waals surface area contributed by atoms with Crippen LogP contribution in [0.5, 0.6) is 0 Å². The number of nitrogens with zero attached hydrogens (tertiary/aromatic N) is 4. The SMILES string of the molecule is CC1CCN(C(=O)c2cccnc2N2CCN(C)CC2)CC1. The van der Waals surface area contributed by atoms with Crippen molar-refractivity contribution in [3.8, 4) is 0 Å². The molecule has 2 fully saturated rings. The molecule has 3 rings (SSSR count). The monoisotopic (exact) mass is 302 g/mol. The maximum absolute atomic E-state index is 12.9. The van der Waals surface area contributed by atoms with Crippen LogP contribution in [0.3, 0.4) is 0 Å². The molecule has 0 radical (unpaired) electrons. The van der Waals surface area contributed by atoms with Crippen LogP contribution in [0.15, 0.2) is 18.3 Å². The van der Waals surface area contributed by atoms with Crippen molar-refractivity contribution in [3.63, 3.8) is 0 Å². The zero-order valence-corrected chi connectivity index (χ0v) is 13.7. The van der Waals surface area contributed by atoms with E-state index in [1.807, 2.05) is 17.0 Å². The Balaban J connectivity index is 1.77. The van der Waals surface area contributed by atoms with Gasteiger partial charge in [0.15, 0.2) is 0 Å². The summed E-state index contributed by atoms with van der Waals surface area (Å²) in [5.41, 5.74) is 0.765. The van der Waals surface area contributed by atoms with Gasteiger partial charge in [0.05, 0.1) is 5.56 Å². The first-order valence-electron chi connectivity index (χ1n) is 8.33. The number of likely N-dealkylation sites (N-methyl/N-ethyl adjacent to an activating group) is 1. The van der Waals surface area contributed by atoms with Crippen LogP contribution in [0, 0.1) is 5.92 Å². The number of carbonyl (C=O) groups excluding carboxylic acids is 1. The van der Waals surface area contributed by atoms with Crippen LogP contribution >= 0.6 is 0 Å². The van der Waals surface area contributed by atoms with Gasteiger partial charge in [-0.25, -0.2) is 4.98 Å². The molecule has 0 atom stereocenters. The number of hydrogen-bond donors (Lipinski definition) is 0. The minimum absolute atomic E-state index is 0.147. The second-order valence-electron chi connectivity index (χ2n) is 6.64. The second kappa shape index (κ2) is 6.65. The number of rotatable bonds is 2. The number of piperazine rings is 1. The van der Waals surface area contributed by atoms with E-state index in [2.05, 4.69) is 28.8 Å². The summed E-state index contributed by atoms with van der Waals surface area (Å²) in [4.78, 5) is 24.0. The Bertz CT molecular complexity index is 517. The molecular weight excluding hydrogens is 276 g/mol. The number of anilines is 1. The fraction of sp³-hybridized carbons (Fsp3) is 0.647. The first-order valence-corrected chi connectivity index (χ1v) is 8.33. The minimum Gasteiger partial charge on any atom is -0.353 e. The second-order valence-corrected chi connectivity index (χ2v) is 6.64. The summed E-state index contributed by atoms with van der Waals surface area (Å²) >= 11 is 0. The number of piperidine rings is 1. The lowest BCUT2D eigenvalue weighted by atomic mass is 9.98. The lowest BCUT2D eigenvalue weighted by molar-refractivity contribution is 0.0697. The predicted octanol–water partition coefficient (Wildman–Crippen LogP) is 1.71. The lowest BCUT2D eigenvalue weighted by Crippen LogP contribution is -2.46. The van der Waals surface area contributed by atoms with E-state index in [0.717, 1.165) is 69.4 Å². The quantitative estimate of drug-likeness (QED) is 0.834. The summed E-state index contributed by atoms with van der Waals surface area (Å²) in [6.45, 7) is 7.92. The number of hydrogen-bond acceptors (Lipinski definition) is 4. The van der Waals surface area contributed by atoms with Crippen LogP contribution in [-0.4, -0.2) is 67.0 Å². The molecule has 2 aliphatic heterocycles. The molecule has 0 saturated carbocycles. The molecular formula is C17H26N4O. The molecule has 1 amide bonds. The zero-order valence-electron chi connectivity index (χ0n) is 13.7. The van der Waals surface area contributed by atoms with Gasteiger partial charge in [-0.1, -0.05) is 6.92 Å². The van der Waals surface area contributed by atoms with Gasteiger partial charge in [0.1, 0.15) is 5.82 Å². The van der Waals surface area contributed by atoms with Crippen molar-refractivity contribution in [2.24, 2.45) is 5.92 Å². The number of aromatic nitrogens is 1. The van der Waals surface area contributed by atoms with Gasteiger partial charge in [-0.15, -0.1) is 0 Å². The van der Waals surface area contributed by atoms with Crippen LogP contribution in [-0.2, 0) is 0 Å². The molecule has 5 heteroatoms. The molecule has 0 unspecified atom stereocenters. The molecule has 0 N–H and O–H groups in total. The third-order valence-corrected chi connectivity index (χ3v) is 4.89. The molecule has 0 bridgehead atoms. The van der Waals surface area contributed by atoms with Crippen LogP contribution in [0.4, 0.5) is 5.82 Å². The maximum Gasteiger partial charge on any atom is 0.257 e. The summed E-state index contributed by atoms with van der Waals surface area (Å²) in [5, 5.41) is 0. The van der Waals surface area contributed by atoms with Crippen molar-refractivity contribution >= 4 is 11.7 Å². The van der Waals surface area contributed by atoms with Gasteiger partial charge in [0, 0.05) is 45.5 Å². The van der Waals surface area contributed by atoms with Crippen LogP contribution in [0.1, 0.15) is 30.1 Å². The van der Waals surface area contributed by atoms with Crippen molar-refractivity contribution in [3.05, 3.63) is 23.9 Å². The van der Waals surface area contributed by atoms with Gasteiger partial charge >= 0.3 is 0 Å². The summed E-state index contributed by atoms with van der Waals surface area (Å²) in [6, 6.07) is 3.81. The Kier molecular flexibility index (Phi) is 4.62. The number of pyridine rings is 1. The van der Waals surface area contributed by atoms with E-state index in [-0.39, 0.29) is 5.91 Å². The predicted molar refractivity (Wildman–Crippen MR) is 88.2 cm³/mol. The first-order chi connectivity index (χ1) is 10.6. The van der Waals surface area contributed by atoms with Gasteiger partial charge in [-0.05, 0) is 37.9 Å². The fourth-order valence-corrected chi connectivity index (χ4v) is 3.22. The molecule has 2 saturated heterocycles. The van der Waals surface area contributed by atoms with Gasteiger partial charge in [0.25, 0.3) is 5.91 Å². The Morgan fingerprint density at radius 2 is 1.82 bits per heavy atom. The highest BCUT2D eigenvalue weighted by molar-refractivity contribution is 5.99. The average molecular weight is 302 g/mol. The highest BCUT2D eigenvalue weighted by Crippen LogP contribution is 2.23. The normalized spacial score (nSPS) is 21.2. The standard InChI is InChI=1S/C17H26N4O/c1-14-5-8-21(9-6-14)17(22)15-4-3-7-18-16(15)20-12-10-19(2)11-13-20/h3-4,7,14H,5-6,8-13H2,1-2H3. The molecule has 2 aliphatic rings. The van der Waals surface area contributed by atoms with Crippen LogP contribution < -0.4 is 4.90 Å². The Labute approximate surface area is 132 Å². The highest BCUT2D eigenvalue weighted by Gasteiger charge is 2.26. The topological polar surface area (TPSA) is 39.7 Å². The fourth-order valence-electron chi connectivity index (χ4n) is 3.22. The van der Waals surface area contributed by atoms with Gasteiger partial charge in [-0.3, -0.25) is 4.79 Å². The zero-order chi connectivity index (χ0) is 15.5. The molecule has 22 heavy (non-hydrogen) atoms.